The van der Waals surface area contributed by atoms with Crippen LogP contribution in [0.5, 0.6) is 0 Å². The molecule has 4 N–H and O–H groups in total. The standard InChI is InChI=1S/C28H37ClN6O3/c1-27(2,26(36)37)33-15-19-6-8-20(9-7-19)34-25-14-21(22(29)16-31-25)23-4-3-5-24(35-23)32-18-28(17-30)10-12-38-13-11-28/h3-5,14,16,19-20,33H,6-13,15,18H2,1-2H3,(H,31,34)(H,32,35)(H,36,37)/t19-,20-. The van der Waals surface area contributed by atoms with Gasteiger partial charge >= 0.3 is 5.97 Å². The number of aromatic nitrogens is 2. The predicted molar refractivity (Wildman–Crippen MR) is 148 cm³/mol. The van der Waals surface area contributed by atoms with E-state index < -0.39 is 16.9 Å². The smallest absolute Gasteiger partial charge is 0.323 e. The number of nitrogens with one attached hydrogen (secondary N) is 3. The lowest BCUT2D eigenvalue weighted by atomic mass is 9.82. The maximum absolute atomic E-state index is 11.3. The van der Waals surface area contributed by atoms with E-state index in [0.29, 0.717) is 61.9 Å². The van der Waals surface area contributed by atoms with Crippen LogP contribution >= 0.6 is 11.6 Å². The van der Waals surface area contributed by atoms with E-state index in [2.05, 4.69) is 27.0 Å². The molecular formula is C28H37ClN6O3. The largest absolute Gasteiger partial charge is 0.480 e. The van der Waals surface area contributed by atoms with Crippen molar-refractivity contribution in [2.75, 3.05) is 36.9 Å². The second-order valence-corrected chi connectivity index (χ2v) is 11.4. The van der Waals surface area contributed by atoms with E-state index in [1.165, 1.54) is 0 Å². The number of nitriles is 1. The van der Waals surface area contributed by atoms with E-state index in [1.54, 1.807) is 20.0 Å². The number of ether oxygens (including phenoxy) is 1. The monoisotopic (exact) mass is 540 g/mol. The van der Waals surface area contributed by atoms with Gasteiger partial charge in [-0.3, -0.25) is 4.79 Å². The molecule has 0 bridgehead atoms. The second-order valence-electron chi connectivity index (χ2n) is 11.0. The quantitative estimate of drug-likeness (QED) is 0.330. The maximum atomic E-state index is 11.3. The number of aliphatic carboxylic acids is 1. The summed E-state index contributed by atoms with van der Waals surface area (Å²) in [5.74, 6) is 1.08. The lowest BCUT2D eigenvalue weighted by Gasteiger charge is -2.31. The molecule has 1 saturated carbocycles. The first kappa shape index (κ1) is 28.1. The SMILES string of the molecule is CC(C)(NC[C@H]1CC[C@H](Nc2cc(-c3cccc(NCC4(C#N)CCOCC4)n3)c(Cl)cn2)CC1)C(=O)O. The van der Waals surface area contributed by atoms with Crippen molar-refractivity contribution in [2.24, 2.45) is 11.3 Å². The van der Waals surface area contributed by atoms with Crippen molar-refractivity contribution in [2.45, 2.75) is 64.0 Å². The van der Waals surface area contributed by atoms with Gasteiger partial charge in [0.15, 0.2) is 0 Å². The van der Waals surface area contributed by atoms with Crippen molar-refractivity contribution in [3.8, 4) is 17.3 Å². The van der Waals surface area contributed by atoms with Crippen LogP contribution in [-0.4, -0.2) is 58.9 Å². The van der Waals surface area contributed by atoms with Crippen LogP contribution in [0.4, 0.5) is 11.6 Å². The number of nitrogens with zero attached hydrogens (tertiary/aromatic N) is 3. The summed E-state index contributed by atoms with van der Waals surface area (Å²) in [4.78, 5) is 20.6. The van der Waals surface area contributed by atoms with Gasteiger partial charge in [0.25, 0.3) is 0 Å². The Hall–Kier alpha value is -2.93. The van der Waals surface area contributed by atoms with Crippen LogP contribution < -0.4 is 16.0 Å². The molecule has 4 rings (SSSR count). The van der Waals surface area contributed by atoms with Crippen LogP contribution in [0.15, 0.2) is 30.5 Å². The van der Waals surface area contributed by atoms with Crippen LogP contribution in [0, 0.1) is 22.7 Å². The van der Waals surface area contributed by atoms with Gasteiger partial charge in [-0.15, -0.1) is 0 Å². The fourth-order valence-corrected chi connectivity index (χ4v) is 5.14. The molecule has 0 aromatic carbocycles. The van der Waals surface area contributed by atoms with Gasteiger partial charge in [-0.2, -0.15) is 5.26 Å². The van der Waals surface area contributed by atoms with Gasteiger partial charge in [-0.25, -0.2) is 9.97 Å². The van der Waals surface area contributed by atoms with Crippen LogP contribution in [0.25, 0.3) is 11.3 Å². The molecule has 9 nitrogen and oxygen atoms in total. The Morgan fingerprint density at radius 3 is 2.66 bits per heavy atom. The molecule has 0 amide bonds. The van der Waals surface area contributed by atoms with Gasteiger partial charge in [0.1, 0.15) is 17.2 Å². The summed E-state index contributed by atoms with van der Waals surface area (Å²) in [5, 5.41) is 29.6. The highest BCUT2D eigenvalue weighted by Crippen LogP contribution is 2.32. The van der Waals surface area contributed by atoms with Crippen molar-refractivity contribution < 1.29 is 14.6 Å². The van der Waals surface area contributed by atoms with E-state index >= 15 is 0 Å². The first-order chi connectivity index (χ1) is 18.2. The average Bonchev–Trinajstić information content (AvgIpc) is 2.93. The Morgan fingerprint density at radius 2 is 1.97 bits per heavy atom. The first-order valence-corrected chi connectivity index (χ1v) is 13.7. The Morgan fingerprint density at radius 1 is 1.24 bits per heavy atom. The number of carboxylic acid groups (broad SMARTS) is 1. The van der Waals surface area contributed by atoms with E-state index in [0.717, 1.165) is 42.8 Å². The van der Waals surface area contributed by atoms with E-state index in [9.17, 15) is 15.2 Å². The Kier molecular flexibility index (Phi) is 9.08. The highest BCUT2D eigenvalue weighted by atomic mass is 35.5. The lowest BCUT2D eigenvalue weighted by molar-refractivity contribution is -0.143. The maximum Gasteiger partial charge on any atom is 0.323 e. The minimum atomic E-state index is -0.915. The van der Waals surface area contributed by atoms with Gasteiger partial charge < -0.3 is 25.8 Å². The molecule has 204 valence electrons. The van der Waals surface area contributed by atoms with Crippen LogP contribution in [-0.2, 0) is 9.53 Å². The summed E-state index contributed by atoms with van der Waals surface area (Å²) in [5.41, 5.74) is 0.173. The molecule has 2 aromatic heterocycles. The molecule has 1 aliphatic carbocycles. The lowest BCUT2D eigenvalue weighted by Crippen LogP contribution is -2.49. The zero-order valence-electron chi connectivity index (χ0n) is 22.1. The molecule has 0 spiro atoms. The van der Waals surface area contributed by atoms with Gasteiger partial charge in [0, 0.05) is 37.6 Å². The third-order valence-electron chi connectivity index (χ3n) is 7.74. The van der Waals surface area contributed by atoms with Crippen LogP contribution in [0.2, 0.25) is 5.02 Å². The summed E-state index contributed by atoms with van der Waals surface area (Å²) < 4.78 is 5.43. The topological polar surface area (TPSA) is 132 Å². The molecule has 0 radical (unpaired) electrons. The molecule has 0 atom stereocenters. The third kappa shape index (κ3) is 7.13. The molecule has 2 aliphatic rings. The van der Waals surface area contributed by atoms with Gasteiger partial charge in [-0.05, 0) is 83.0 Å². The fraction of sp³-hybridized carbons (Fsp3) is 0.571. The zero-order chi connectivity index (χ0) is 27.2. The minimum absolute atomic E-state index is 0.294. The van der Waals surface area contributed by atoms with Gasteiger partial charge in [0.05, 0.1) is 22.2 Å². The zero-order valence-corrected chi connectivity index (χ0v) is 22.9. The normalized spacial score (nSPS) is 21.3. The number of anilines is 2. The van der Waals surface area contributed by atoms with E-state index in [1.807, 2.05) is 24.3 Å². The fourth-order valence-electron chi connectivity index (χ4n) is 4.94. The summed E-state index contributed by atoms with van der Waals surface area (Å²) in [6.45, 7) is 5.82. The summed E-state index contributed by atoms with van der Waals surface area (Å²) in [6.07, 6.45) is 7.09. The third-order valence-corrected chi connectivity index (χ3v) is 8.04. The number of hydrogen-bond acceptors (Lipinski definition) is 8. The molecule has 38 heavy (non-hydrogen) atoms. The minimum Gasteiger partial charge on any atom is -0.480 e. The van der Waals surface area contributed by atoms with Crippen molar-refractivity contribution >= 4 is 29.2 Å². The Balaban J connectivity index is 1.35. The predicted octanol–water partition coefficient (Wildman–Crippen LogP) is 4.95. The van der Waals surface area contributed by atoms with Gasteiger partial charge in [-0.1, -0.05) is 17.7 Å². The van der Waals surface area contributed by atoms with Crippen molar-refractivity contribution in [1.82, 2.24) is 15.3 Å². The van der Waals surface area contributed by atoms with Crippen molar-refractivity contribution in [1.29, 1.82) is 5.26 Å². The molecular weight excluding hydrogens is 504 g/mol. The highest BCUT2D eigenvalue weighted by molar-refractivity contribution is 6.33. The highest BCUT2D eigenvalue weighted by Gasteiger charge is 2.33. The van der Waals surface area contributed by atoms with Crippen molar-refractivity contribution in [3.63, 3.8) is 0 Å². The Bertz CT molecular complexity index is 1150. The molecule has 2 aromatic rings. The molecule has 1 aliphatic heterocycles. The number of halogens is 1. The number of carbonyl (C=O) groups is 1. The van der Waals surface area contributed by atoms with Crippen LogP contribution in [0.3, 0.4) is 0 Å². The average molecular weight is 541 g/mol. The van der Waals surface area contributed by atoms with Crippen LogP contribution in [0.1, 0.15) is 52.4 Å². The summed E-state index contributed by atoms with van der Waals surface area (Å²) >= 11 is 6.53. The number of pyridine rings is 2. The first-order valence-electron chi connectivity index (χ1n) is 13.3. The summed E-state index contributed by atoms with van der Waals surface area (Å²) in [6, 6.07) is 10.4. The summed E-state index contributed by atoms with van der Waals surface area (Å²) in [7, 11) is 0. The van der Waals surface area contributed by atoms with Gasteiger partial charge in [0.2, 0.25) is 0 Å². The van der Waals surface area contributed by atoms with E-state index in [4.69, 9.17) is 21.3 Å². The molecule has 3 heterocycles. The number of rotatable bonds is 10. The van der Waals surface area contributed by atoms with Crippen molar-refractivity contribution in [3.05, 3.63) is 35.5 Å². The molecule has 10 heteroatoms. The van der Waals surface area contributed by atoms with E-state index in [-0.39, 0.29) is 0 Å². The number of hydrogen-bond donors (Lipinski definition) is 4. The molecule has 2 fully saturated rings. The Labute approximate surface area is 229 Å². The molecule has 0 unspecified atom stereocenters. The second kappa shape index (κ2) is 12.3. The number of carboxylic acids is 1. The molecule has 1 saturated heterocycles.